The Bertz CT molecular complexity index is 1010. The van der Waals surface area contributed by atoms with Gasteiger partial charge in [-0.3, -0.25) is 14.0 Å². The molecule has 28 heavy (non-hydrogen) atoms. The van der Waals surface area contributed by atoms with Gasteiger partial charge in [0.1, 0.15) is 6.04 Å². The zero-order chi connectivity index (χ0) is 19.9. The van der Waals surface area contributed by atoms with Gasteiger partial charge in [-0.25, -0.2) is 4.79 Å². The molecule has 3 rings (SSSR count). The van der Waals surface area contributed by atoms with Crippen LogP contribution in [0.1, 0.15) is 16.8 Å². The molecular weight excluding hydrogens is 376 g/mol. The van der Waals surface area contributed by atoms with E-state index in [1.165, 1.54) is 13.3 Å². The first kappa shape index (κ1) is 19.7. The molecule has 3 aromatic rings. The number of fused-ring (bicyclic) bond motifs is 1. The summed E-state index contributed by atoms with van der Waals surface area (Å²) in [7, 11) is -0.0147. The summed E-state index contributed by atoms with van der Waals surface area (Å²) >= 11 is 0. The number of pyridine rings is 1. The fraction of sp³-hybridized carbons (Fsp3) is 0.190. The van der Waals surface area contributed by atoms with Gasteiger partial charge in [-0.1, -0.05) is 36.4 Å². The third-order valence-electron chi connectivity index (χ3n) is 4.24. The Kier molecular flexibility index (Phi) is 6.49. The summed E-state index contributed by atoms with van der Waals surface area (Å²) in [5, 5.41) is 3.50. The van der Waals surface area contributed by atoms with Crippen molar-refractivity contribution < 1.29 is 18.5 Å². The molecule has 0 unspecified atom stereocenters. The maximum atomic E-state index is 12.6. The second-order valence-electron chi connectivity index (χ2n) is 6.12. The number of aromatic nitrogens is 1. The summed E-state index contributed by atoms with van der Waals surface area (Å²) in [5.74, 6) is -0.786. The molecule has 1 aromatic heterocycles. The van der Waals surface area contributed by atoms with Crippen molar-refractivity contribution in [2.75, 3.05) is 12.9 Å². The number of rotatable bonds is 7. The molecule has 7 heteroatoms. The molecule has 0 fully saturated rings. The van der Waals surface area contributed by atoms with Crippen molar-refractivity contribution in [2.24, 2.45) is 0 Å². The average Bonchev–Trinajstić information content (AvgIpc) is 2.75. The Hall–Kier alpha value is -3.06. The molecule has 0 saturated carbocycles. The Balaban J connectivity index is 1.69. The molecule has 2 atom stereocenters. The van der Waals surface area contributed by atoms with Gasteiger partial charge >= 0.3 is 5.97 Å². The molecule has 144 valence electrons. The van der Waals surface area contributed by atoms with E-state index in [0.29, 0.717) is 10.5 Å². The van der Waals surface area contributed by atoms with E-state index in [4.69, 9.17) is 4.74 Å². The number of ether oxygens (including phenoxy) is 1. The van der Waals surface area contributed by atoms with Crippen LogP contribution in [0.5, 0.6) is 0 Å². The summed E-state index contributed by atoms with van der Waals surface area (Å²) in [5.41, 5.74) is 1.12. The number of nitrogens with one attached hydrogen (secondary N) is 1. The van der Waals surface area contributed by atoms with Gasteiger partial charge in [0.15, 0.2) is 0 Å². The molecule has 0 spiro atoms. The van der Waals surface area contributed by atoms with Gasteiger partial charge in [0, 0.05) is 22.2 Å². The van der Waals surface area contributed by atoms with Crippen LogP contribution in [-0.2, 0) is 20.3 Å². The minimum absolute atomic E-state index is 0.195. The first-order valence-corrected chi connectivity index (χ1v) is 10.1. The minimum atomic E-state index is -1.27. The monoisotopic (exact) mass is 396 g/mol. The Labute approximate surface area is 165 Å². The lowest BCUT2D eigenvalue weighted by atomic mass is 10.1. The van der Waals surface area contributed by atoms with Gasteiger partial charge in [0.05, 0.1) is 29.0 Å². The number of amides is 1. The number of benzene rings is 2. The quantitative estimate of drug-likeness (QED) is 0.621. The lowest BCUT2D eigenvalue weighted by molar-refractivity contribution is -0.142. The third-order valence-corrected chi connectivity index (χ3v) is 5.65. The molecule has 6 nitrogen and oxygen atoms in total. The number of methoxy groups -OCH3 is 1. The Morgan fingerprint density at radius 3 is 2.57 bits per heavy atom. The average molecular weight is 396 g/mol. The molecule has 0 saturated heterocycles. The molecule has 2 aromatic carbocycles. The highest BCUT2D eigenvalue weighted by molar-refractivity contribution is 7.85. The number of hydrogen-bond acceptors (Lipinski definition) is 5. The SMILES string of the molecule is COC(=O)[C@H](CC[S@](=O)c1ccccc1)NC(=O)c1cnc2ccccc2c1. The van der Waals surface area contributed by atoms with Crippen LogP contribution in [-0.4, -0.2) is 40.0 Å². The van der Waals surface area contributed by atoms with Crippen molar-refractivity contribution in [1.29, 1.82) is 0 Å². The van der Waals surface area contributed by atoms with Crippen LogP contribution in [0, 0.1) is 0 Å². The smallest absolute Gasteiger partial charge is 0.328 e. The molecule has 0 aliphatic rings. The number of carbonyl (C=O) groups excluding carboxylic acids is 2. The summed E-state index contributed by atoms with van der Waals surface area (Å²) in [4.78, 5) is 29.6. The summed E-state index contributed by atoms with van der Waals surface area (Å²) in [6.07, 6.45) is 1.66. The van der Waals surface area contributed by atoms with Crippen molar-refractivity contribution in [3.63, 3.8) is 0 Å². The summed E-state index contributed by atoms with van der Waals surface area (Å²) < 4.78 is 17.2. The summed E-state index contributed by atoms with van der Waals surface area (Å²) in [6.45, 7) is 0. The fourth-order valence-corrected chi connectivity index (χ4v) is 3.89. The predicted molar refractivity (Wildman–Crippen MR) is 107 cm³/mol. The van der Waals surface area contributed by atoms with Gasteiger partial charge in [-0.2, -0.15) is 0 Å². The van der Waals surface area contributed by atoms with Gasteiger partial charge in [-0.15, -0.1) is 0 Å². The van der Waals surface area contributed by atoms with Crippen LogP contribution in [0.4, 0.5) is 0 Å². The van der Waals surface area contributed by atoms with Crippen LogP contribution in [0.3, 0.4) is 0 Å². The van der Waals surface area contributed by atoms with Gasteiger partial charge in [-0.05, 0) is 30.7 Å². The molecule has 0 bridgehead atoms. The van der Waals surface area contributed by atoms with E-state index in [9.17, 15) is 13.8 Å². The molecule has 1 amide bonds. The molecular formula is C21H20N2O4S. The van der Waals surface area contributed by atoms with Gasteiger partial charge in [0.25, 0.3) is 5.91 Å². The predicted octanol–water partition coefficient (Wildman–Crippen LogP) is 2.70. The molecule has 1 N–H and O–H groups in total. The molecule has 0 aliphatic carbocycles. The van der Waals surface area contributed by atoms with Crippen LogP contribution < -0.4 is 5.32 Å². The van der Waals surface area contributed by atoms with Crippen LogP contribution in [0.2, 0.25) is 0 Å². The highest BCUT2D eigenvalue weighted by atomic mass is 32.2. The molecule has 0 aliphatic heterocycles. The number of carbonyl (C=O) groups is 2. The Morgan fingerprint density at radius 2 is 1.82 bits per heavy atom. The van der Waals surface area contributed by atoms with E-state index in [-0.39, 0.29) is 12.2 Å². The van der Waals surface area contributed by atoms with Gasteiger partial charge in [0.2, 0.25) is 0 Å². The largest absolute Gasteiger partial charge is 0.467 e. The van der Waals surface area contributed by atoms with E-state index < -0.39 is 28.7 Å². The number of nitrogens with zero attached hydrogens (tertiary/aromatic N) is 1. The standard InChI is InChI=1S/C21H20N2O4S/c1-27-21(25)19(11-12-28(26)17-8-3-2-4-9-17)23-20(24)16-13-15-7-5-6-10-18(15)22-14-16/h2-10,13-14,19H,11-12H2,1H3,(H,23,24)/t19-,28-/m0/s1. The Morgan fingerprint density at radius 1 is 1.11 bits per heavy atom. The minimum Gasteiger partial charge on any atom is -0.467 e. The molecule has 1 heterocycles. The van der Waals surface area contributed by atoms with E-state index in [1.807, 2.05) is 30.3 Å². The van der Waals surface area contributed by atoms with Crippen molar-refractivity contribution >= 4 is 33.6 Å². The van der Waals surface area contributed by atoms with Crippen LogP contribution in [0.15, 0.2) is 71.8 Å². The number of esters is 1. The number of para-hydroxylation sites is 1. The highest BCUT2D eigenvalue weighted by Crippen LogP contribution is 2.13. The fourth-order valence-electron chi connectivity index (χ4n) is 2.74. The van der Waals surface area contributed by atoms with Crippen LogP contribution in [0.25, 0.3) is 10.9 Å². The lowest BCUT2D eigenvalue weighted by Gasteiger charge is -2.16. The van der Waals surface area contributed by atoms with E-state index in [1.54, 1.807) is 30.3 Å². The maximum absolute atomic E-state index is 12.6. The van der Waals surface area contributed by atoms with Crippen molar-refractivity contribution in [3.8, 4) is 0 Å². The maximum Gasteiger partial charge on any atom is 0.328 e. The normalized spacial score (nSPS) is 12.9. The zero-order valence-electron chi connectivity index (χ0n) is 15.3. The summed E-state index contributed by atoms with van der Waals surface area (Å²) in [6, 6.07) is 17.3. The van der Waals surface area contributed by atoms with E-state index in [0.717, 1.165) is 10.9 Å². The second-order valence-corrected chi connectivity index (χ2v) is 7.69. The third kappa shape index (κ3) is 4.80. The zero-order valence-corrected chi connectivity index (χ0v) is 16.1. The van der Waals surface area contributed by atoms with Crippen molar-refractivity contribution in [1.82, 2.24) is 10.3 Å². The van der Waals surface area contributed by atoms with Crippen molar-refractivity contribution in [2.45, 2.75) is 17.4 Å². The van der Waals surface area contributed by atoms with E-state index >= 15 is 0 Å². The first-order chi connectivity index (χ1) is 13.6. The van der Waals surface area contributed by atoms with E-state index in [2.05, 4.69) is 10.3 Å². The topological polar surface area (TPSA) is 85.4 Å². The van der Waals surface area contributed by atoms with Crippen molar-refractivity contribution in [3.05, 3.63) is 72.4 Å². The number of hydrogen-bond donors (Lipinski definition) is 1. The highest BCUT2D eigenvalue weighted by Gasteiger charge is 2.23. The molecule has 0 radical (unpaired) electrons. The lowest BCUT2D eigenvalue weighted by Crippen LogP contribution is -2.42. The second kappa shape index (κ2) is 9.23. The van der Waals surface area contributed by atoms with Crippen LogP contribution >= 0.6 is 0 Å². The van der Waals surface area contributed by atoms with Gasteiger partial charge < -0.3 is 10.1 Å². The first-order valence-electron chi connectivity index (χ1n) is 8.75.